The topological polar surface area (TPSA) is 12.0 Å². The van der Waals surface area contributed by atoms with E-state index in [0.717, 1.165) is 12.0 Å². The van der Waals surface area contributed by atoms with E-state index in [9.17, 15) is 0 Å². The molecule has 1 aromatic heterocycles. The molecule has 1 N–H and O–H groups in total. The molecule has 70 valence electrons. The molecule has 1 aliphatic heterocycles. The monoisotopic (exact) mass is 193 g/mol. The smallest absolute Gasteiger partial charge is 0.0185 e. The molecule has 0 bridgehead atoms. The molecule has 2 heteroatoms. The van der Waals surface area contributed by atoms with E-state index in [-0.39, 0.29) is 0 Å². The van der Waals surface area contributed by atoms with Crippen molar-refractivity contribution in [1.82, 2.24) is 5.32 Å². The van der Waals surface area contributed by atoms with Gasteiger partial charge in [0.25, 0.3) is 0 Å². The lowest BCUT2D eigenvalue weighted by molar-refractivity contribution is 0.589. The van der Waals surface area contributed by atoms with E-state index in [2.05, 4.69) is 18.3 Å². The fraction of sp³-hybridized carbons (Fsp3) is 0.636. The Kier molecular flexibility index (Phi) is 1.74. The average molecular weight is 193 g/mol. The van der Waals surface area contributed by atoms with Gasteiger partial charge in [0, 0.05) is 21.7 Å². The molecule has 2 atom stereocenters. The van der Waals surface area contributed by atoms with Crippen LogP contribution in [-0.2, 0) is 12.8 Å². The summed E-state index contributed by atoms with van der Waals surface area (Å²) in [6, 6.07) is 3.24. The highest BCUT2D eigenvalue weighted by Gasteiger charge is 2.36. The van der Waals surface area contributed by atoms with Gasteiger partial charge >= 0.3 is 0 Å². The Morgan fingerprint density at radius 2 is 2.54 bits per heavy atom. The SMILES string of the molecule is CCc1cc2c(s1)CC1NCCC21. The van der Waals surface area contributed by atoms with E-state index in [4.69, 9.17) is 0 Å². The van der Waals surface area contributed by atoms with Gasteiger partial charge in [-0.15, -0.1) is 11.3 Å². The molecule has 0 spiro atoms. The molecule has 1 fully saturated rings. The van der Waals surface area contributed by atoms with Crippen molar-refractivity contribution in [2.45, 2.75) is 38.1 Å². The molecular weight excluding hydrogens is 178 g/mol. The van der Waals surface area contributed by atoms with Crippen LogP contribution in [0.15, 0.2) is 6.07 Å². The molecule has 2 aliphatic rings. The van der Waals surface area contributed by atoms with E-state index < -0.39 is 0 Å². The van der Waals surface area contributed by atoms with Gasteiger partial charge in [0.15, 0.2) is 0 Å². The highest BCUT2D eigenvalue weighted by Crippen LogP contribution is 2.42. The highest BCUT2D eigenvalue weighted by atomic mass is 32.1. The van der Waals surface area contributed by atoms with Crippen molar-refractivity contribution < 1.29 is 0 Å². The Balaban J connectivity index is 1.99. The second-order valence-electron chi connectivity index (χ2n) is 4.10. The van der Waals surface area contributed by atoms with Gasteiger partial charge in [-0.25, -0.2) is 0 Å². The molecule has 1 aliphatic carbocycles. The zero-order valence-electron chi connectivity index (χ0n) is 7.97. The first-order valence-electron chi connectivity index (χ1n) is 5.23. The molecule has 0 saturated carbocycles. The first-order valence-corrected chi connectivity index (χ1v) is 6.05. The maximum absolute atomic E-state index is 3.60. The van der Waals surface area contributed by atoms with Crippen LogP contribution >= 0.6 is 11.3 Å². The Morgan fingerprint density at radius 1 is 1.62 bits per heavy atom. The maximum Gasteiger partial charge on any atom is 0.0185 e. The molecule has 3 rings (SSSR count). The molecule has 1 aromatic rings. The molecule has 2 heterocycles. The van der Waals surface area contributed by atoms with Crippen molar-refractivity contribution in [2.75, 3.05) is 6.54 Å². The first-order chi connectivity index (χ1) is 6.38. The standard InChI is InChI=1S/C11H15NS/c1-2-7-5-9-8-3-4-12-10(8)6-11(9)13-7/h5,8,10,12H,2-4,6H2,1H3. The van der Waals surface area contributed by atoms with Gasteiger partial charge in [-0.3, -0.25) is 0 Å². The predicted molar refractivity (Wildman–Crippen MR) is 56.5 cm³/mol. The van der Waals surface area contributed by atoms with Gasteiger partial charge in [0.1, 0.15) is 0 Å². The average Bonchev–Trinajstić information content (AvgIpc) is 2.72. The van der Waals surface area contributed by atoms with Crippen molar-refractivity contribution in [3.05, 3.63) is 21.4 Å². The Labute approximate surface area is 83.2 Å². The number of aryl methyl sites for hydroxylation is 1. The number of hydrogen-bond donors (Lipinski definition) is 1. The number of hydrogen-bond acceptors (Lipinski definition) is 2. The number of nitrogens with one attached hydrogen (secondary N) is 1. The summed E-state index contributed by atoms with van der Waals surface area (Å²) in [4.78, 5) is 3.24. The van der Waals surface area contributed by atoms with Gasteiger partial charge in [0.05, 0.1) is 0 Å². The third-order valence-electron chi connectivity index (χ3n) is 3.39. The summed E-state index contributed by atoms with van der Waals surface area (Å²) in [7, 11) is 0. The van der Waals surface area contributed by atoms with Crippen molar-refractivity contribution >= 4 is 11.3 Å². The van der Waals surface area contributed by atoms with Gasteiger partial charge in [0.2, 0.25) is 0 Å². The Hall–Kier alpha value is -0.340. The van der Waals surface area contributed by atoms with Crippen LogP contribution in [0.3, 0.4) is 0 Å². The van der Waals surface area contributed by atoms with E-state index >= 15 is 0 Å². The third kappa shape index (κ3) is 1.09. The molecular formula is C11H15NS. The van der Waals surface area contributed by atoms with Crippen molar-refractivity contribution in [2.24, 2.45) is 0 Å². The summed E-state index contributed by atoms with van der Waals surface area (Å²) in [5.41, 5.74) is 1.68. The van der Waals surface area contributed by atoms with Gasteiger partial charge in [-0.05, 0) is 37.4 Å². The van der Waals surface area contributed by atoms with Crippen LogP contribution < -0.4 is 5.32 Å². The summed E-state index contributed by atoms with van der Waals surface area (Å²) in [5, 5.41) is 3.60. The zero-order chi connectivity index (χ0) is 8.84. The lowest BCUT2D eigenvalue weighted by atomic mass is 10.00. The second kappa shape index (κ2) is 2.82. The van der Waals surface area contributed by atoms with Crippen LogP contribution in [0.25, 0.3) is 0 Å². The summed E-state index contributed by atoms with van der Waals surface area (Å²) in [6.45, 7) is 3.48. The summed E-state index contributed by atoms with van der Waals surface area (Å²) in [5.74, 6) is 0.853. The molecule has 0 aromatic carbocycles. The largest absolute Gasteiger partial charge is 0.313 e. The van der Waals surface area contributed by atoms with Crippen molar-refractivity contribution in [3.63, 3.8) is 0 Å². The third-order valence-corrected chi connectivity index (χ3v) is 4.71. The van der Waals surface area contributed by atoms with E-state index in [1.807, 2.05) is 11.3 Å². The molecule has 2 unspecified atom stereocenters. The molecule has 1 nitrogen and oxygen atoms in total. The normalized spacial score (nSPS) is 30.5. The summed E-state index contributed by atoms with van der Waals surface area (Å²) in [6.07, 6.45) is 3.87. The van der Waals surface area contributed by atoms with Crippen LogP contribution in [0.2, 0.25) is 0 Å². The number of fused-ring (bicyclic) bond motifs is 3. The van der Waals surface area contributed by atoms with Crippen LogP contribution in [0, 0.1) is 0 Å². The molecule has 13 heavy (non-hydrogen) atoms. The Morgan fingerprint density at radius 3 is 3.38 bits per heavy atom. The van der Waals surface area contributed by atoms with Crippen molar-refractivity contribution in [3.8, 4) is 0 Å². The fourth-order valence-electron chi connectivity index (χ4n) is 2.70. The lowest BCUT2D eigenvalue weighted by Crippen LogP contribution is -2.23. The van der Waals surface area contributed by atoms with E-state index in [1.165, 1.54) is 25.8 Å². The van der Waals surface area contributed by atoms with E-state index in [1.54, 1.807) is 15.3 Å². The van der Waals surface area contributed by atoms with Crippen LogP contribution in [-0.4, -0.2) is 12.6 Å². The number of rotatable bonds is 1. The zero-order valence-corrected chi connectivity index (χ0v) is 8.79. The summed E-state index contributed by atoms with van der Waals surface area (Å²) >= 11 is 2.04. The lowest BCUT2D eigenvalue weighted by Gasteiger charge is -2.08. The van der Waals surface area contributed by atoms with Crippen LogP contribution in [0.4, 0.5) is 0 Å². The maximum atomic E-state index is 3.60. The minimum atomic E-state index is 0.784. The summed E-state index contributed by atoms with van der Waals surface area (Å²) < 4.78 is 0. The van der Waals surface area contributed by atoms with Crippen LogP contribution in [0.1, 0.15) is 34.6 Å². The molecule has 0 radical (unpaired) electrons. The van der Waals surface area contributed by atoms with Crippen molar-refractivity contribution in [1.29, 1.82) is 0 Å². The first kappa shape index (κ1) is 8.01. The highest BCUT2D eigenvalue weighted by molar-refractivity contribution is 7.12. The van der Waals surface area contributed by atoms with Crippen LogP contribution in [0.5, 0.6) is 0 Å². The minimum absolute atomic E-state index is 0.784. The van der Waals surface area contributed by atoms with Gasteiger partial charge in [-0.2, -0.15) is 0 Å². The molecule has 1 saturated heterocycles. The number of thiophene rings is 1. The van der Waals surface area contributed by atoms with Gasteiger partial charge < -0.3 is 5.32 Å². The predicted octanol–water partition coefficient (Wildman–Crippen LogP) is 2.31. The second-order valence-corrected chi connectivity index (χ2v) is 5.33. The molecule has 0 amide bonds. The van der Waals surface area contributed by atoms with E-state index in [0.29, 0.717) is 0 Å². The van der Waals surface area contributed by atoms with Gasteiger partial charge in [-0.1, -0.05) is 6.92 Å². The minimum Gasteiger partial charge on any atom is -0.313 e. The Bertz CT molecular complexity index is 329. The quantitative estimate of drug-likeness (QED) is 0.721. The fourth-order valence-corrected chi connectivity index (χ4v) is 3.94.